The molecule has 0 heterocycles. The van der Waals surface area contributed by atoms with E-state index in [4.69, 9.17) is 11.6 Å². The molecule has 2 amide bonds. The van der Waals surface area contributed by atoms with Gasteiger partial charge in [-0.1, -0.05) is 96.5 Å². The molecule has 0 aromatic heterocycles. The fraction of sp³-hybridized carbons (Fsp3) is 0.0741. The van der Waals surface area contributed by atoms with E-state index in [1.165, 1.54) is 0 Å². The lowest BCUT2D eigenvalue weighted by Crippen LogP contribution is -2.38. The Morgan fingerprint density at radius 2 is 1.31 bits per heavy atom. The number of nitrogens with zero attached hydrogens (tertiary/aromatic N) is 1. The second-order valence-corrected chi connectivity index (χ2v) is 8.68. The minimum absolute atomic E-state index is 0.190. The van der Waals surface area contributed by atoms with Crippen LogP contribution in [-0.4, -0.2) is 10.9 Å². The highest BCUT2D eigenvalue weighted by Crippen LogP contribution is 2.32. The normalized spacial score (nSPS) is 10.7. The number of hydrogen-bond donors (Lipinski definition) is 1. The standard InChI is InChI=1S/C27H22BrClN2O/c28-24-13-7-8-14-25(24)30-27(32)31(19-20-15-17-23(29)18-16-20)26(21-9-3-1-4-10-21)22-11-5-2-6-12-22/h1-18,26H,19H2,(H,30,32). The van der Waals surface area contributed by atoms with E-state index in [2.05, 4.69) is 45.5 Å². The maximum Gasteiger partial charge on any atom is 0.322 e. The molecule has 0 saturated carbocycles. The highest BCUT2D eigenvalue weighted by Gasteiger charge is 2.27. The van der Waals surface area contributed by atoms with Crippen molar-refractivity contribution in [2.24, 2.45) is 0 Å². The molecule has 0 saturated heterocycles. The number of urea groups is 1. The Morgan fingerprint density at radius 1 is 0.781 bits per heavy atom. The molecule has 0 unspecified atom stereocenters. The third-order valence-electron chi connectivity index (χ3n) is 5.18. The van der Waals surface area contributed by atoms with Crippen LogP contribution in [0.15, 0.2) is 114 Å². The molecule has 0 radical (unpaired) electrons. The van der Waals surface area contributed by atoms with Crippen molar-refractivity contribution >= 4 is 39.2 Å². The first kappa shape index (κ1) is 22.1. The third kappa shape index (κ3) is 5.39. The number of rotatable bonds is 6. The number of benzene rings is 4. The van der Waals surface area contributed by atoms with Crippen LogP contribution in [0.4, 0.5) is 10.5 Å². The molecule has 5 heteroatoms. The van der Waals surface area contributed by atoms with Crippen LogP contribution in [0.25, 0.3) is 0 Å². The molecular formula is C27H22BrClN2O. The molecule has 0 aliphatic heterocycles. The molecule has 160 valence electrons. The second-order valence-electron chi connectivity index (χ2n) is 7.39. The van der Waals surface area contributed by atoms with Crippen molar-refractivity contribution in [1.82, 2.24) is 4.90 Å². The molecule has 32 heavy (non-hydrogen) atoms. The SMILES string of the molecule is O=C(Nc1ccccc1Br)N(Cc1ccc(Cl)cc1)C(c1ccccc1)c1ccccc1. The van der Waals surface area contributed by atoms with Gasteiger partial charge in [0, 0.05) is 16.0 Å². The summed E-state index contributed by atoms with van der Waals surface area (Å²) in [4.78, 5) is 15.5. The van der Waals surface area contributed by atoms with Gasteiger partial charge >= 0.3 is 6.03 Å². The predicted octanol–water partition coefficient (Wildman–Crippen LogP) is 7.93. The molecule has 4 aromatic rings. The Bertz CT molecular complexity index is 1130. The summed E-state index contributed by atoms with van der Waals surface area (Å²) < 4.78 is 0.829. The molecule has 0 fully saturated rings. The van der Waals surface area contributed by atoms with Crippen LogP contribution in [0.3, 0.4) is 0 Å². The predicted molar refractivity (Wildman–Crippen MR) is 135 cm³/mol. The molecule has 0 bridgehead atoms. The smallest absolute Gasteiger partial charge is 0.309 e. The van der Waals surface area contributed by atoms with Crippen molar-refractivity contribution in [3.8, 4) is 0 Å². The van der Waals surface area contributed by atoms with Crippen LogP contribution in [0, 0.1) is 0 Å². The molecule has 3 nitrogen and oxygen atoms in total. The largest absolute Gasteiger partial charge is 0.322 e. The molecule has 4 rings (SSSR count). The summed E-state index contributed by atoms with van der Waals surface area (Å²) in [7, 11) is 0. The number of hydrogen-bond acceptors (Lipinski definition) is 1. The lowest BCUT2D eigenvalue weighted by molar-refractivity contribution is 0.194. The van der Waals surface area contributed by atoms with Crippen molar-refractivity contribution < 1.29 is 4.79 Å². The van der Waals surface area contributed by atoms with Crippen molar-refractivity contribution in [2.75, 3.05) is 5.32 Å². The molecule has 0 spiro atoms. The number of carbonyl (C=O) groups excluding carboxylic acids is 1. The monoisotopic (exact) mass is 504 g/mol. The highest BCUT2D eigenvalue weighted by molar-refractivity contribution is 9.10. The highest BCUT2D eigenvalue weighted by atomic mass is 79.9. The van der Waals surface area contributed by atoms with Crippen LogP contribution in [-0.2, 0) is 6.54 Å². The molecule has 4 aromatic carbocycles. The number of anilines is 1. The van der Waals surface area contributed by atoms with Gasteiger partial charge in [-0.15, -0.1) is 0 Å². The first-order chi connectivity index (χ1) is 15.6. The van der Waals surface area contributed by atoms with Crippen molar-refractivity contribution in [3.05, 3.63) is 135 Å². The van der Waals surface area contributed by atoms with Gasteiger partial charge in [0.2, 0.25) is 0 Å². The Balaban J connectivity index is 1.77. The van der Waals surface area contributed by atoms with Crippen LogP contribution >= 0.6 is 27.5 Å². The summed E-state index contributed by atoms with van der Waals surface area (Å²) in [6, 6.07) is 34.9. The first-order valence-corrected chi connectivity index (χ1v) is 11.5. The molecular weight excluding hydrogens is 484 g/mol. The van der Waals surface area contributed by atoms with Crippen molar-refractivity contribution in [3.63, 3.8) is 0 Å². The van der Waals surface area contributed by atoms with Crippen molar-refractivity contribution in [1.29, 1.82) is 0 Å². The Kier molecular flexibility index (Phi) is 7.25. The summed E-state index contributed by atoms with van der Waals surface area (Å²) in [6.07, 6.45) is 0. The van der Waals surface area contributed by atoms with E-state index in [9.17, 15) is 4.79 Å². The van der Waals surface area contributed by atoms with Crippen LogP contribution in [0.2, 0.25) is 5.02 Å². The van der Waals surface area contributed by atoms with Gasteiger partial charge in [0.25, 0.3) is 0 Å². The molecule has 1 N–H and O–H groups in total. The average molecular weight is 506 g/mol. The van der Waals surface area contributed by atoms with E-state index in [1.807, 2.05) is 89.8 Å². The van der Waals surface area contributed by atoms with Gasteiger partial charge in [-0.3, -0.25) is 0 Å². The summed E-state index contributed by atoms with van der Waals surface area (Å²) >= 11 is 9.62. The van der Waals surface area contributed by atoms with E-state index in [0.717, 1.165) is 26.9 Å². The first-order valence-electron chi connectivity index (χ1n) is 10.3. The molecule has 0 aliphatic rings. The van der Waals surface area contributed by atoms with Crippen LogP contribution in [0.1, 0.15) is 22.7 Å². The van der Waals surface area contributed by atoms with E-state index in [1.54, 1.807) is 0 Å². The lowest BCUT2D eigenvalue weighted by atomic mass is 9.96. The fourth-order valence-electron chi connectivity index (χ4n) is 3.64. The number of amides is 2. The number of carbonyl (C=O) groups is 1. The van der Waals surface area contributed by atoms with E-state index >= 15 is 0 Å². The third-order valence-corrected chi connectivity index (χ3v) is 6.13. The van der Waals surface area contributed by atoms with E-state index in [-0.39, 0.29) is 12.1 Å². The lowest BCUT2D eigenvalue weighted by Gasteiger charge is -2.33. The zero-order valence-electron chi connectivity index (χ0n) is 17.3. The minimum Gasteiger partial charge on any atom is -0.309 e. The van der Waals surface area contributed by atoms with Gasteiger partial charge < -0.3 is 10.2 Å². The second kappa shape index (κ2) is 10.5. The van der Waals surface area contributed by atoms with Crippen molar-refractivity contribution in [2.45, 2.75) is 12.6 Å². The molecule has 0 atom stereocenters. The Hall–Kier alpha value is -3.08. The van der Waals surface area contributed by atoms with Gasteiger partial charge in [0.15, 0.2) is 0 Å². The minimum atomic E-state index is -0.268. The van der Waals surface area contributed by atoms with Crippen LogP contribution in [0.5, 0.6) is 0 Å². The van der Waals surface area contributed by atoms with Gasteiger partial charge in [-0.05, 0) is 56.9 Å². The van der Waals surface area contributed by atoms with Gasteiger partial charge in [0.1, 0.15) is 0 Å². The van der Waals surface area contributed by atoms with Gasteiger partial charge in [-0.25, -0.2) is 4.79 Å². The zero-order valence-corrected chi connectivity index (χ0v) is 19.6. The van der Waals surface area contributed by atoms with Gasteiger partial charge in [0.05, 0.1) is 11.7 Å². The number of para-hydroxylation sites is 1. The number of nitrogens with one attached hydrogen (secondary N) is 1. The summed E-state index contributed by atoms with van der Waals surface area (Å²) in [5, 5.41) is 3.74. The zero-order chi connectivity index (χ0) is 22.3. The topological polar surface area (TPSA) is 32.3 Å². The number of halogens is 2. The quantitative estimate of drug-likeness (QED) is 0.283. The summed E-state index contributed by atoms with van der Waals surface area (Å²) in [5.74, 6) is 0. The summed E-state index contributed by atoms with van der Waals surface area (Å²) in [6.45, 7) is 0.419. The molecule has 0 aliphatic carbocycles. The maximum atomic E-state index is 13.7. The van der Waals surface area contributed by atoms with Crippen LogP contribution < -0.4 is 5.32 Å². The summed E-state index contributed by atoms with van der Waals surface area (Å²) in [5.41, 5.74) is 3.79. The average Bonchev–Trinajstić information content (AvgIpc) is 2.83. The Morgan fingerprint density at radius 3 is 1.88 bits per heavy atom. The van der Waals surface area contributed by atoms with E-state index in [0.29, 0.717) is 11.6 Å². The Labute approximate surface area is 201 Å². The van der Waals surface area contributed by atoms with E-state index < -0.39 is 0 Å². The fourth-order valence-corrected chi connectivity index (χ4v) is 4.15. The maximum absolute atomic E-state index is 13.7. The van der Waals surface area contributed by atoms with Gasteiger partial charge in [-0.2, -0.15) is 0 Å².